The smallest absolute Gasteiger partial charge is 0.147 e. The number of rotatable bonds is 7. The highest BCUT2D eigenvalue weighted by molar-refractivity contribution is 4.87. The zero-order valence-corrected chi connectivity index (χ0v) is 11.8. The van der Waals surface area contributed by atoms with E-state index in [4.69, 9.17) is 0 Å². The quantitative estimate of drug-likeness (QED) is 0.792. The molecule has 0 aromatic carbocycles. The van der Waals surface area contributed by atoms with Crippen LogP contribution >= 0.6 is 0 Å². The SMILES string of the molecule is Cc1nc(C)n(CCNC(C)CCC(C)C)n1. The van der Waals surface area contributed by atoms with Crippen molar-refractivity contribution in [3.8, 4) is 0 Å². The number of nitrogens with zero attached hydrogens (tertiary/aromatic N) is 3. The summed E-state index contributed by atoms with van der Waals surface area (Å²) in [6, 6.07) is 0.585. The second-order valence-corrected chi connectivity index (χ2v) is 5.26. The summed E-state index contributed by atoms with van der Waals surface area (Å²) in [4.78, 5) is 4.29. The maximum atomic E-state index is 4.35. The molecule has 98 valence electrons. The van der Waals surface area contributed by atoms with Crippen LogP contribution in [0.4, 0.5) is 0 Å². The van der Waals surface area contributed by atoms with E-state index in [0.717, 1.165) is 30.7 Å². The normalized spacial score (nSPS) is 13.3. The molecule has 1 atom stereocenters. The van der Waals surface area contributed by atoms with E-state index in [0.29, 0.717) is 6.04 Å². The Morgan fingerprint density at radius 1 is 1.18 bits per heavy atom. The summed E-state index contributed by atoms with van der Waals surface area (Å²) in [6.07, 6.45) is 2.53. The molecule has 1 aromatic rings. The van der Waals surface area contributed by atoms with Crippen LogP contribution in [0.15, 0.2) is 0 Å². The van der Waals surface area contributed by atoms with Crippen molar-refractivity contribution in [2.75, 3.05) is 6.54 Å². The van der Waals surface area contributed by atoms with E-state index >= 15 is 0 Å². The summed E-state index contributed by atoms with van der Waals surface area (Å²) in [5.74, 6) is 2.65. The summed E-state index contributed by atoms with van der Waals surface area (Å²) in [5.41, 5.74) is 0. The maximum Gasteiger partial charge on any atom is 0.147 e. The largest absolute Gasteiger partial charge is 0.312 e. The molecule has 0 saturated heterocycles. The minimum atomic E-state index is 0.585. The summed E-state index contributed by atoms with van der Waals surface area (Å²) in [7, 11) is 0. The third-order valence-electron chi connectivity index (χ3n) is 2.96. The first-order valence-electron chi connectivity index (χ1n) is 6.60. The van der Waals surface area contributed by atoms with Crippen molar-refractivity contribution < 1.29 is 0 Å². The molecule has 0 spiro atoms. The molecule has 17 heavy (non-hydrogen) atoms. The molecule has 0 amide bonds. The lowest BCUT2D eigenvalue weighted by atomic mass is 10.0. The lowest BCUT2D eigenvalue weighted by molar-refractivity contribution is 0.432. The predicted molar refractivity (Wildman–Crippen MR) is 71.0 cm³/mol. The van der Waals surface area contributed by atoms with E-state index in [1.54, 1.807) is 0 Å². The molecule has 4 heteroatoms. The second kappa shape index (κ2) is 6.74. The van der Waals surface area contributed by atoms with Gasteiger partial charge in [0.05, 0.1) is 6.54 Å². The number of nitrogens with one attached hydrogen (secondary N) is 1. The molecule has 0 aliphatic heterocycles. The summed E-state index contributed by atoms with van der Waals surface area (Å²) in [6.45, 7) is 12.6. The molecule has 0 radical (unpaired) electrons. The molecule has 1 unspecified atom stereocenters. The molecule has 1 heterocycles. The van der Waals surface area contributed by atoms with Crippen LogP contribution < -0.4 is 5.32 Å². The molecule has 4 nitrogen and oxygen atoms in total. The zero-order valence-electron chi connectivity index (χ0n) is 11.8. The van der Waals surface area contributed by atoms with Crippen LogP contribution in [-0.4, -0.2) is 27.4 Å². The van der Waals surface area contributed by atoms with Crippen molar-refractivity contribution in [2.24, 2.45) is 5.92 Å². The molecule has 1 aromatic heterocycles. The van der Waals surface area contributed by atoms with E-state index in [1.165, 1.54) is 12.8 Å². The first-order chi connectivity index (χ1) is 7.99. The number of aryl methyl sites for hydroxylation is 2. The average molecular weight is 238 g/mol. The summed E-state index contributed by atoms with van der Waals surface area (Å²) >= 11 is 0. The van der Waals surface area contributed by atoms with Gasteiger partial charge in [0.1, 0.15) is 11.6 Å². The van der Waals surface area contributed by atoms with Gasteiger partial charge < -0.3 is 5.32 Å². The highest BCUT2D eigenvalue weighted by Gasteiger charge is 2.05. The van der Waals surface area contributed by atoms with Crippen molar-refractivity contribution in [3.63, 3.8) is 0 Å². The van der Waals surface area contributed by atoms with Gasteiger partial charge in [-0.05, 0) is 39.5 Å². The van der Waals surface area contributed by atoms with Crippen molar-refractivity contribution in [1.29, 1.82) is 0 Å². The Balaban J connectivity index is 2.21. The minimum Gasteiger partial charge on any atom is -0.312 e. The first-order valence-corrected chi connectivity index (χ1v) is 6.60. The van der Waals surface area contributed by atoms with Gasteiger partial charge in [-0.3, -0.25) is 0 Å². The van der Waals surface area contributed by atoms with Crippen LogP contribution in [0, 0.1) is 19.8 Å². The van der Waals surface area contributed by atoms with Crippen molar-refractivity contribution in [3.05, 3.63) is 11.6 Å². The van der Waals surface area contributed by atoms with Crippen molar-refractivity contribution in [2.45, 2.75) is 60.0 Å². The van der Waals surface area contributed by atoms with Crippen LogP contribution in [-0.2, 0) is 6.54 Å². The van der Waals surface area contributed by atoms with Crippen molar-refractivity contribution in [1.82, 2.24) is 20.1 Å². The minimum absolute atomic E-state index is 0.585. The zero-order chi connectivity index (χ0) is 12.8. The third-order valence-corrected chi connectivity index (χ3v) is 2.96. The third kappa shape index (κ3) is 5.31. The van der Waals surface area contributed by atoms with E-state index < -0.39 is 0 Å². The number of aromatic nitrogens is 3. The van der Waals surface area contributed by atoms with E-state index in [2.05, 4.69) is 36.2 Å². The molecule has 1 rings (SSSR count). The Hall–Kier alpha value is -0.900. The van der Waals surface area contributed by atoms with Gasteiger partial charge in [-0.15, -0.1) is 0 Å². The van der Waals surface area contributed by atoms with Crippen LogP contribution in [0.25, 0.3) is 0 Å². The fourth-order valence-electron chi connectivity index (χ4n) is 1.88. The highest BCUT2D eigenvalue weighted by Crippen LogP contribution is 2.06. The molecule has 0 aliphatic rings. The monoisotopic (exact) mass is 238 g/mol. The van der Waals surface area contributed by atoms with Crippen LogP contribution in [0.5, 0.6) is 0 Å². The van der Waals surface area contributed by atoms with Gasteiger partial charge in [-0.2, -0.15) is 5.10 Å². The fourth-order valence-corrected chi connectivity index (χ4v) is 1.88. The van der Waals surface area contributed by atoms with E-state index in [1.807, 2.05) is 18.5 Å². The summed E-state index contributed by atoms with van der Waals surface area (Å²) < 4.78 is 1.97. The Labute approximate surface area is 105 Å². The van der Waals surface area contributed by atoms with Gasteiger partial charge in [-0.25, -0.2) is 9.67 Å². The standard InChI is InChI=1S/C13H26N4/c1-10(2)6-7-11(3)14-8-9-17-13(5)15-12(4)16-17/h10-11,14H,6-9H2,1-5H3. The predicted octanol–water partition coefficient (Wildman–Crippen LogP) is 2.31. The van der Waals surface area contributed by atoms with Gasteiger partial charge in [0.15, 0.2) is 0 Å². The summed E-state index contributed by atoms with van der Waals surface area (Å²) in [5, 5.41) is 7.88. The lowest BCUT2D eigenvalue weighted by Gasteiger charge is -2.15. The topological polar surface area (TPSA) is 42.7 Å². The first kappa shape index (κ1) is 14.2. The second-order valence-electron chi connectivity index (χ2n) is 5.26. The van der Waals surface area contributed by atoms with Crippen LogP contribution in [0.1, 0.15) is 45.3 Å². The van der Waals surface area contributed by atoms with Gasteiger partial charge in [0, 0.05) is 12.6 Å². The average Bonchev–Trinajstić information content (AvgIpc) is 2.55. The number of hydrogen-bond acceptors (Lipinski definition) is 3. The molecule has 0 saturated carbocycles. The van der Waals surface area contributed by atoms with Gasteiger partial charge in [0.2, 0.25) is 0 Å². The Morgan fingerprint density at radius 2 is 1.88 bits per heavy atom. The molecule has 0 fully saturated rings. The fraction of sp³-hybridized carbons (Fsp3) is 0.846. The highest BCUT2D eigenvalue weighted by atomic mass is 15.3. The maximum absolute atomic E-state index is 4.35. The molecular formula is C13H26N4. The van der Waals surface area contributed by atoms with Crippen molar-refractivity contribution >= 4 is 0 Å². The molecule has 1 N–H and O–H groups in total. The van der Waals surface area contributed by atoms with E-state index in [-0.39, 0.29) is 0 Å². The molecule has 0 aliphatic carbocycles. The van der Waals surface area contributed by atoms with Gasteiger partial charge in [0.25, 0.3) is 0 Å². The number of hydrogen-bond donors (Lipinski definition) is 1. The van der Waals surface area contributed by atoms with Gasteiger partial charge in [-0.1, -0.05) is 13.8 Å². The van der Waals surface area contributed by atoms with Gasteiger partial charge >= 0.3 is 0 Å². The Bertz CT molecular complexity index is 330. The van der Waals surface area contributed by atoms with E-state index in [9.17, 15) is 0 Å². The van der Waals surface area contributed by atoms with Crippen LogP contribution in [0.2, 0.25) is 0 Å². The van der Waals surface area contributed by atoms with Crippen LogP contribution in [0.3, 0.4) is 0 Å². The Morgan fingerprint density at radius 3 is 2.41 bits per heavy atom. The molecule has 0 bridgehead atoms. The Kier molecular flexibility index (Phi) is 5.62. The lowest BCUT2D eigenvalue weighted by Crippen LogP contribution is -2.30. The molecular weight excluding hydrogens is 212 g/mol.